The van der Waals surface area contributed by atoms with Gasteiger partial charge < -0.3 is 14.3 Å². The highest BCUT2D eigenvalue weighted by molar-refractivity contribution is 7.26. The van der Waals surface area contributed by atoms with Crippen molar-refractivity contribution in [3.05, 3.63) is 151 Å². The smallest absolute Gasteiger partial charge is 0.198 e. The summed E-state index contributed by atoms with van der Waals surface area (Å²) in [7, 11) is 0.827. The van der Waals surface area contributed by atoms with Gasteiger partial charge in [0.15, 0.2) is 7.28 Å². The second kappa shape index (κ2) is 11.6. The van der Waals surface area contributed by atoms with Gasteiger partial charge in [-0.2, -0.15) is 0 Å². The second-order valence-corrected chi connectivity index (χ2v) is 19.2. The summed E-state index contributed by atoms with van der Waals surface area (Å²) in [4.78, 5) is 0. The highest BCUT2D eigenvalue weighted by Gasteiger charge is 2.29. The van der Waals surface area contributed by atoms with Gasteiger partial charge in [0.1, 0.15) is 11.2 Å². The van der Waals surface area contributed by atoms with Gasteiger partial charge in [0.05, 0.1) is 5.52 Å². The summed E-state index contributed by atoms with van der Waals surface area (Å²) in [5.41, 5.74) is 14.2. The van der Waals surface area contributed by atoms with E-state index >= 15 is 0 Å². The maximum Gasteiger partial charge on any atom is 0.198 e. The normalized spacial score (nSPS) is 12.9. The van der Waals surface area contributed by atoms with Crippen LogP contribution in [0.15, 0.2) is 150 Å². The van der Waals surface area contributed by atoms with Gasteiger partial charge in [-0.1, -0.05) is 111 Å². The van der Waals surface area contributed by atoms with Crippen LogP contribution in [0.3, 0.4) is 0 Å². The number of nitrogens with zero attached hydrogens (tertiary/aromatic N) is 1. The molecule has 0 saturated carbocycles. The van der Waals surface area contributed by atoms with E-state index in [1.165, 1.54) is 89.9 Å². The maximum absolute atomic E-state index is 6.60. The molecule has 4 aromatic heterocycles. The number of nitrogens with one attached hydrogen (secondary N) is 1. The molecule has 3 nitrogen and oxygen atoms in total. The van der Waals surface area contributed by atoms with Crippen molar-refractivity contribution >= 4 is 136 Å². The molecule has 8 aromatic carbocycles. The predicted octanol–water partition coefficient (Wildman–Crippen LogP) is 13.8. The number of rotatable bonds is 3. The van der Waals surface area contributed by atoms with Crippen LogP contribution >= 0.6 is 22.7 Å². The standard InChI is InChI=1S/C52H35BN2OS2/c1-52(2,3)28-16-18-29(19-17-28)54-41-24-37-30-10-4-7-13-44(30)56-45(37)25-35(41)33-20-21-34-36-22-38-31-11-5-8-14-46(31)57-48(38)26-42(36)55-43-27-49-39(23-40(43)53-50(33)51(34)55)32-12-6-9-15-47(32)58-49/h4-27,53-54H,1-3H3. The summed E-state index contributed by atoms with van der Waals surface area (Å²) in [6.07, 6.45) is 0. The van der Waals surface area contributed by atoms with Gasteiger partial charge in [-0.15, -0.1) is 22.7 Å². The number of thiophene rings is 2. The summed E-state index contributed by atoms with van der Waals surface area (Å²) in [6, 6.07) is 54.2. The Hall–Kier alpha value is -6.34. The number of benzene rings is 8. The zero-order chi connectivity index (χ0) is 38.4. The lowest BCUT2D eigenvalue weighted by molar-refractivity contribution is 0.590. The summed E-state index contributed by atoms with van der Waals surface area (Å²) >= 11 is 3.79. The van der Waals surface area contributed by atoms with Crippen molar-refractivity contribution in [3.8, 4) is 16.8 Å². The lowest BCUT2D eigenvalue weighted by Crippen LogP contribution is -2.37. The van der Waals surface area contributed by atoms with Crippen molar-refractivity contribution in [3.63, 3.8) is 0 Å². The molecule has 1 N–H and O–H groups in total. The number of hydrogen-bond donors (Lipinski definition) is 1. The van der Waals surface area contributed by atoms with E-state index in [-0.39, 0.29) is 5.41 Å². The van der Waals surface area contributed by atoms with Gasteiger partial charge in [-0.3, -0.25) is 0 Å². The first-order chi connectivity index (χ1) is 28.3. The number of aromatic nitrogens is 1. The van der Waals surface area contributed by atoms with Crippen LogP contribution in [0.2, 0.25) is 0 Å². The summed E-state index contributed by atoms with van der Waals surface area (Å²) in [5, 5.41) is 14.1. The molecule has 5 heterocycles. The molecule has 274 valence electrons. The van der Waals surface area contributed by atoms with Gasteiger partial charge in [-0.05, 0) is 88.1 Å². The van der Waals surface area contributed by atoms with Crippen molar-refractivity contribution in [2.24, 2.45) is 0 Å². The van der Waals surface area contributed by atoms with E-state index in [2.05, 4.69) is 176 Å². The summed E-state index contributed by atoms with van der Waals surface area (Å²) < 4.78 is 14.5. The first-order valence-corrected chi connectivity index (χ1v) is 21.7. The fraction of sp³-hybridized carbons (Fsp3) is 0.0769. The fourth-order valence-electron chi connectivity index (χ4n) is 9.72. The minimum absolute atomic E-state index is 0.0776. The van der Waals surface area contributed by atoms with Crippen molar-refractivity contribution in [1.82, 2.24) is 4.57 Å². The van der Waals surface area contributed by atoms with Crippen LogP contribution in [0.5, 0.6) is 0 Å². The molecule has 0 amide bonds. The number of para-hydroxylation sites is 1. The third-order valence-electron chi connectivity index (χ3n) is 12.6. The van der Waals surface area contributed by atoms with Crippen LogP contribution in [0.25, 0.3) is 101 Å². The van der Waals surface area contributed by atoms with Gasteiger partial charge >= 0.3 is 0 Å². The lowest BCUT2D eigenvalue weighted by atomic mass is 9.59. The average Bonchev–Trinajstić information content (AvgIpc) is 3.98. The zero-order valence-electron chi connectivity index (χ0n) is 32.2. The van der Waals surface area contributed by atoms with E-state index in [1.54, 1.807) is 0 Å². The van der Waals surface area contributed by atoms with Gasteiger partial charge in [0, 0.05) is 84.6 Å². The molecule has 0 aliphatic carbocycles. The maximum atomic E-state index is 6.60. The van der Waals surface area contributed by atoms with Crippen molar-refractivity contribution in [2.75, 3.05) is 5.32 Å². The number of hydrogen-bond acceptors (Lipinski definition) is 4. The highest BCUT2D eigenvalue weighted by Crippen LogP contribution is 2.45. The highest BCUT2D eigenvalue weighted by atomic mass is 32.1. The largest absolute Gasteiger partial charge is 0.456 e. The number of fused-ring (bicyclic) bond motifs is 14. The molecule has 0 spiro atoms. The number of furan rings is 1. The van der Waals surface area contributed by atoms with Crippen molar-refractivity contribution in [1.29, 1.82) is 0 Å². The SMILES string of the molecule is CC(C)(C)c1ccc(Nc2cc3c(cc2-c2ccc4c5cc6c(cc5n5c4c2Bc2cc4c(cc2-5)sc2ccccc24)sc2ccccc26)oc2ccccc23)cc1. The molecular formula is C52H35BN2OS2. The Morgan fingerprint density at radius 1 is 0.534 bits per heavy atom. The second-order valence-electron chi connectivity index (χ2n) is 17.0. The van der Waals surface area contributed by atoms with Crippen LogP contribution in [-0.2, 0) is 5.41 Å². The minimum Gasteiger partial charge on any atom is -0.456 e. The van der Waals surface area contributed by atoms with Crippen LogP contribution in [0.1, 0.15) is 26.3 Å². The quantitative estimate of drug-likeness (QED) is 0.181. The van der Waals surface area contributed by atoms with Crippen molar-refractivity contribution in [2.45, 2.75) is 26.2 Å². The zero-order valence-corrected chi connectivity index (χ0v) is 33.9. The van der Waals surface area contributed by atoms with Gasteiger partial charge in [0.2, 0.25) is 0 Å². The molecule has 0 unspecified atom stereocenters. The van der Waals surface area contributed by atoms with E-state index in [0.29, 0.717) is 0 Å². The molecule has 0 fully saturated rings. The Balaban J connectivity index is 1.11. The Morgan fingerprint density at radius 3 is 1.98 bits per heavy atom. The molecule has 0 radical (unpaired) electrons. The van der Waals surface area contributed by atoms with Crippen LogP contribution < -0.4 is 16.2 Å². The molecular weight excluding hydrogens is 744 g/mol. The van der Waals surface area contributed by atoms with E-state index in [0.717, 1.165) is 46.2 Å². The van der Waals surface area contributed by atoms with E-state index < -0.39 is 0 Å². The third-order valence-corrected chi connectivity index (χ3v) is 14.8. The minimum atomic E-state index is 0.0776. The molecule has 13 rings (SSSR count). The first kappa shape index (κ1) is 32.7. The molecule has 12 aromatic rings. The topological polar surface area (TPSA) is 30.1 Å². The van der Waals surface area contributed by atoms with E-state index in [4.69, 9.17) is 4.42 Å². The Labute approximate surface area is 343 Å². The lowest BCUT2D eigenvalue weighted by Gasteiger charge is -2.24. The average molecular weight is 779 g/mol. The molecule has 1 aliphatic heterocycles. The van der Waals surface area contributed by atoms with Crippen molar-refractivity contribution < 1.29 is 4.42 Å². The first-order valence-electron chi connectivity index (χ1n) is 20.0. The molecule has 0 bridgehead atoms. The third kappa shape index (κ3) is 4.61. The van der Waals surface area contributed by atoms with E-state index in [1.807, 2.05) is 22.7 Å². The monoisotopic (exact) mass is 778 g/mol. The molecule has 0 saturated heterocycles. The molecule has 0 atom stereocenters. The Morgan fingerprint density at radius 2 is 1.22 bits per heavy atom. The summed E-state index contributed by atoms with van der Waals surface area (Å²) in [5.74, 6) is 0. The summed E-state index contributed by atoms with van der Waals surface area (Å²) in [6.45, 7) is 6.80. The van der Waals surface area contributed by atoms with Crippen LogP contribution in [-0.4, -0.2) is 11.8 Å². The van der Waals surface area contributed by atoms with Gasteiger partial charge in [-0.25, -0.2) is 0 Å². The van der Waals surface area contributed by atoms with Gasteiger partial charge in [0.25, 0.3) is 0 Å². The number of anilines is 2. The molecule has 58 heavy (non-hydrogen) atoms. The fourth-order valence-corrected chi connectivity index (χ4v) is 12.0. The molecule has 6 heteroatoms. The Kier molecular flexibility index (Phi) is 6.56. The van der Waals surface area contributed by atoms with E-state index in [9.17, 15) is 0 Å². The van der Waals surface area contributed by atoms with Crippen LogP contribution in [0.4, 0.5) is 11.4 Å². The Bertz CT molecular complexity index is 3720. The van der Waals surface area contributed by atoms with Crippen LogP contribution in [0, 0.1) is 0 Å². The molecule has 1 aliphatic rings. The predicted molar refractivity (Wildman–Crippen MR) is 254 cm³/mol.